The molecule has 2 aliphatic rings. The maximum Gasteiger partial charge on any atom is 0.254 e. The van der Waals surface area contributed by atoms with E-state index in [0.29, 0.717) is 24.4 Å². The number of fused-ring (bicyclic) bond motifs is 1. The number of aromatic nitrogens is 2. The number of benzene rings is 2. The first-order valence-electron chi connectivity index (χ1n) is 11.9. The van der Waals surface area contributed by atoms with Gasteiger partial charge in [0.2, 0.25) is 0 Å². The van der Waals surface area contributed by atoms with Crippen LogP contribution in [0.5, 0.6) is 5.75 Å². The third-order valence-corrected chi connectivity index (χ3v) is 6.58. The Morgan fingerprint density at radius 2 is 1.70 bits per heavy atom. The normalized spacial score (nSPS) is 16.2. The van der Waals surface area contributed by atoms with Gasteiger partial charge in [-0.3, -0.25) is 4.79 Å². The summed E-state index contributed by atoms with van der Waals surface area (Å²) in [5.74, 6) is 2.50. The lowest BCUT2D eigenvalue weighted by molar-refractivity contribution is 0.0733. The molecule has 0 unspecified atom stereocenters. The number of anilines is 1. The highest BCUT2D eigenvalue weighted by atomic mass is 16.5. The van der Waals surface area contributed by atoms with E-state index in [9.17, 15) is 4.79 Å². The third kappa shape index (κ3) is 4.56. The van der Waals surface area contributed by atoms with Crippen LogP contribution in [0.1, 0.15) is 47.3 Å². The zero-order valence-electron chi connectivity index (χ0n) is 19.2. The van der Waals surface area contributed by atoms with Gasteiger partial charge in [-0.2, -0.15) is 0 Å². The Kier molecular flexibility index (Phi) is 6.24. The van der Waals surface area contributed by atoms with Gasteiger partial charge in [0.25, 0.3) is 5.91 Å². The fourth-order valence-corrected chi connectivity index (χ4v) is 4.77. The summed E-state index contributed by atoms with van der Waals surface area (Å²) < 4.78 is 5.32. The van der Waals surface area contributed by atoms with Crippen LogP contribution < -0.4 is 9.64 Å². The van der Waals surface area contributed by atoms with Crippen LogP contribution in [0, 0.1) is 0 Å². The Balaban J connectivity index is 1.51. The van der Waals surface area contributed by atoms with E-state index in [4.69, 9.17) is 14.7 Å². The van der Waals surface area contributed by atoms with Gasteiger partial charge in [0, 0.05) is 42.7 Å². The number of hydrogen-bond donors (Lipinski definition) is 0. The molecule has 1 fully saturated rings. The zero-order valence-corrected chi connectivity index (χ0v) is 19.2. The van der Waals surface area contributed by atoms with Crippen LogP contribution >= 0.6 is 0 Å². The molecular formula is C27H30N4O2. The van der Waals surface area contributed by atoms with Crippen LogP contribution in [0.25, 0.3) is 11.4 Å². The Morgan fingerprint density at radius 3 is 2.45 bits per heavy atom. The molecule has 6 heteroatoms. The molecule has 1 saturated heterocycles. The molecule has 3 heterocycles. The predicted molar refractivity (Wildman–Crippen MR) is 130 cm³/mol. The Morgan fingerprint density at radius 1 is 0.909 bits per heavy atom. The van der Waals surface area contributed by atoms with Crippen LogP contribution in [-0.4, -0.2) is 47.5 Å². The number of methoxy groups -OCH3 is 1. The van der Waals surface area contributed by atoms with E-state index in [1.54, 1.807) is 7.11 Å². The number of rotatable bonds is 4. The first kappa shape index (κ1) is 21.4. The monoisotopic (exact) mass is 442 g/mol. The molecule has 0 N–H and O–H groups in total. The second-order valence-corrected chi connectivity index (χ2v) is 8.77. The Labute approximate surface area is 195 Å². The van der Waals surface area contributed by atoms with Crippen molar-refractivity contribution in [3.8, 4) is 17.1 Å². The number of nitrogens with zero attached hydrogens (tertiary/aromatic N) is 4. The van der Waals surface area contributed by atoms with Crippen LogP contribution in [0.3, 0.4) is 0 Å². The highest BCUT2D eigenvalue weighted by Gasteiger charge is 2.29. The maximum atomic E-state index is 13.3. The molecule has 6 nitrogen and oxygen atoms in total. The number of carbonyl (C=O) groups excluding carboxylic acids is 1. The summed E-state index contributed by atoms with van der Waals surface area (Å²) in [5.41, 5.74) is 3.85. The van der Waals surface area contributed by atoms with Crippen LogP contribution in [0.2, 0.25) is 0 Å². The van der Waals surface area contributed by atoms with E-state index >= 15 is 0 Å². The summed E-state index contributed by atoms with van der Waals surface area (Å²) >= 11 is 0. The topological polar surface area (TPSA) is 58.6 Å². The molecule has 33 heavy (non-hydrogen) atoms. The smallest absolute Gasteiger partial charge is 0.254 e. The molecule has 0 radical (unpaired) electrons. The van der Waals surface area contributed by atoms with E-state index < -0.39 is 0 Å². The fraction of sp³-hybridized carbons (Fsp3) is 0.370. The second-order valence-electron chi connectivity index (χ2n) is 8.77. The van der Waals surface area contributed by atoms with Gasteiger partial charge in [-0.1, -0.05) is 49.2 Å². The van der Waals surface area contributed by atoms with Crippen molar-refractivity contribution in [2.75, 3.05) is 31.6 Å². The molecule has 1 aromatic heterocycles. The first-order valence-corrected chi connectivity index (χ1v) is 11.9. The lowest BCUT2D eigenvalue weighted by Crippen LogP contribution is -2.38. The predicted octanol–water partition coefficient (Wildman–Crippen LogP) is 4.73. The van der Waals surface area contributed by atoms with E-state index in [2.05, 4.69) is 17.0 Å². The highest BCUT2D eigenvalue weighted by Crippen LogP contribution is 2.31. The Hall–Kier alpha value is -3.41. The fourth-order valence-electron chi connectivity index (χ4n) is 4.77. The molecular weight excluding hydrogens is 412 g/mol. The maximum absolute atomic E-state index is 13.3. The van der Waals surface area contributed by atoms with Crippen molar-refractivity contribution in [3.63, 3.8) is 0 Å². The number of ether oxygens (including phenoxy) is 1. The van der Waals surface area contributed by atoms with Gasteiger partial charge in [0.15, 0.2) is 5.82 Å². The summed E-state index contributed by atoms with van der Waals surface area (Å²) in [6.45, 7) is 3.18. The van der Waals surface area contributed by atoms with Crippen molar-refractivity contribution in [3.05, 3.63) is 71.4 Å². The van der Waals surface area contributed by atoms with Crippen molar-refractivity contribution in [2.45, 2.75) is 38.6 Å². The summed E-state index contributed by atoms with van der Waals surface area (Å²) in [6, 6.07) is 17.6. The third-order valence-electron chi connectivity index (χ3n) is 6.58. The molecule has 0 saturated carbocycles. The van der Waals surface area contributed by atoms with Crippen molar-refractivity contribution < 1.29 is 9.53 Å². The molecule has 2 aliphatic heterocycles. The van der Waals surface area contributed by atoms with Crippen molar-refractivity contribution >= 4 is 11.7 Å². The van der Waals surface area contributed by atoms with E-state index in [1.807, 2.05) is 47.4 Å². The van der Waals surface area contributed by atoms with Crippen LogP contribution in [0.4, 0.5) is 5.82 Å². The highest BCUT2D eigenvalue weighted by molar-refractivity contribution is 5.94. The molecule has 0 spiro atoms. The average molecular weight is 443 g/mol. The average Bonchev–Trinajstić information content (AvgIpc) is 3.17. The van der Waals surface area contributed by atoms with Crippen molar-refractivity contribution in [1.82, 2.24) is 14.9 Å². The molecule has 3 aromatic rings. The van der Waals surface area contributed by atoms with Crippen molar-refractivity contribution in [1.29, 1.82) is 0 Å². The Bertz CT molecular complexity index is 1120. The van der Waals surface area contributed by atoms with Crippen LogP contribution in [-0.2, 0) is 13.0 Å². The van der Waals surface area contributed by atoms with E-state index in [-0.39, 0.29) is 5.91 Å². The number of carbonyl (C=O) groups is 1. The second kappa shape index (κ2) is 9.61. The quantitative estimate of drug-likeness (QED) is 0.585. The molecule has 0 aliphatic carbocycles. The van der Waals surface area contributed by atoms with Gasteiger partial charge in [0.05, 0.1) is 19.3 Å². The standard InChI is InChI=1S/C27H30N4O2/c1-33-22-13-9-12-21(18-22)27(32)31-17-14-24-23(19-31)26(30-15-7-2-3-8-16-30)29-25(28-24)20-10-5-4-6-11-20/h4-6,9-13,18H,2-3,7-8,14-17,19H2,1H3. The molecule has 5 rings (SSSR count). The number of hydrogen-bond acceptors (Lipinski definition) is 5. The van der Waals surface area contributed by atoms with Gasteiger partial charge < -0.3 is 14.5 Å². The minimum atomic E-state index is 0.0218. The summed E-state index contributed by atoms with van der Waals surface area (Å²) in [5, 5.41) is 0. The van der Waals surface area contributed by atoms with Gasteiger partial charge in [-0.25, -0.2) is 9.97 Å². The lowest BCUT2D eigenvalue weighted by Gasteiger charge is -2.33. The molecule has 0 bridgehead atoms. The minimum Gasteiger partial charge on any atom is -0.497 e. The van der Waals surface area contributed by atoms with E-state index in [1.165, 1.54) is 25.7 Å². The van der Waals surface area contributed by atoms with Crippen LogP contribution in [0.15, 0.2) is 54.6 Å². The largest absolute Gasteiger partial charge is 0.497 e. The summed E-state index contributed by atoms with van der Waals surface area (Å²) in [4.78, 5) is 27.7. The van der Waals surface area contributed by atoms with Gasteiger partial charge >= 0.3 is 0 Å². The first-order chi connectivity index (χ1) is 16.2. The molecule has 2 aromatic carbocycles. The molecule has 170 valence electrons. The van der Waals surface area contributed by atoms with Gasteiger partial charge in [-0.05, 0) is 31.0 Å². The minimum absolute atomic E-state index is 0.0218. The SMILES string of the molecule is COc1cccc(C(=O)N2CCc3nc(-c4ccccc4)nc(N4CCCCCC4)c3C2)c1. The molecule has 1 amide bonds. The van der Waals surface area contributed by atoms with Crippen molar-refractivity contribution in [2.24, 2.45) is 0 Å². The summed E-state index contributed by atoms with van der Waals surface area (Å²) in [6.07, 6.45) is 5.59. The molecule has 0 atom stereocenters. The van der Waals surface area contributed by atoms with Gasteiger partial charge in [0.1, 0.15) is 11.6 Å². The zero-order chi connectivity index (χ0) is 22.6. The lowest BCUT2D eigenvalue weighted by atomic mass is 10.0. The van der Waals surface area contributed by atoms with E-state index in [0.717, 1.165) is 48.0 Å². The van der Waals surface area contributed by atoms with Gasteiger partial charge in [-0.15, -0.1) is 0 Å². The summed E-state index contributed by atoms with van der Waals surface area (Å²) in [7, 11) is 1.62. The number of amides is 1.